The second-order valence-corrected chi connectivity index (χ2v) is 7.93. The summed E-state index contributed by atoms with van der Waals surface area (Å²) in [6.07, 6.45) is 5.24. The summed E-state index contributed by atoms with van der Waals surface area (Å²) >= 11 is 0. The number of benzene rings is 1. The monoisotopic (exact) mass is 371 g/mol. The number of urea groups is 1. The molecule has 1 aliphatic heterocycles. The molecule has 1 aliphatic carbocycles. The highest BCUT2D eigenvalue weighted by Crippen LogP contribution is 2.38. The average Bonchev–Trinajstić information content (AvgIpc) is 2.88. The van der Waals surface area contributed by atoms with Gasteiger partial charge in [-0.3, -0.25) is 14.5 Å². The Hall–Kier alpha value is -2.37. The fourth-order valence-electron chi connectivity index (χ4n) is 4.20. The van der Waals surface area contributed by atoms with Gasteiger partial charge in [0.25, 0.3) is 5.91 Å². The first kappa shape index (κ1) is 19.4. The summed E-state index contributed by atoms with van der Waals surface area (Å²) in [5, 5.41) is 5.79. The molecular weight excluding hydrogens is 342 g/mol. The van der Waals surface area contributed by atoms with Crippen molar-refractivity contribution in [2.75, 3.05) is 6.54 Å². The van der Waals surface area contributed by atoms with Gasteiger partial charge in [0.15, 0.2) is 0 Å². The zero-order valence-corrected chi connectivity index (χ0v) is 16.2. The number of carbonyl (C=O) groups is 3. The normalized spacial score (nSPS) is 26.1. The molecule has 1 aromatic carbocycles. The van der Waals surface area contributed by atoms with Crippen molar-refractivity contribution in [1.82, 2.24) is 15.5 Å². The van der Waals surface area contributed by atoms with E-state index >= 15 is 0 Å². The van der Waals surface area contributed by atoms with Gasteiger partial charge in [0.05, 0.1) is 0 Å². The topological polar surface area (TPSA) is 78.5 Å². The summed E-state index contributed by atoms with van der Waals surface area (Å²) in [6, 6.07) is 9.63. The van der Waals surface area contributed by atoms with Crippen molar-refractivity contribution in [3.8, 4) is 0 Å². The smallest absolute Gasteiger partial charge is 0.325 e. The SMILES string of the molecule is C[C@H](CCc1ccccc1)NC(=O)CN1C(=O)N[C@]2(CCCC[C@@H]2C)C1=O. The van der Waals surface area contributed by atoms with Gasteiger partial charge in [0, 0.05) is 6.04 Å². The minimum atomic E-state index is -0.811. The van der Waals surface area contributed by atoms with E-state index in [2.05, 4.69) is 22.8 Å². The molecule has 6 nitrogen and oxygen atoms in total. The first-order valence-corrected chi connectivity index (χ1v) is 9.90. The Labute approximate surface area is 160 Å². The molecule has 6 heteroatoms. The largest absolute Gasteiger partial charge is 0.352 e. The van der Waals surface area contributed by atoms with Crippen molar-refractivity contribution in [2.24, 2.45) is 5.92 Å². The first-order valence-electron chi connectivity index (χ1n) is 9.90. The molecule has 1 saturated heterocycles. The maximum absolute atomic E-state index is 12.9. The summed E-state index contributed by atoms with van der Waals surface area (Å²) in [7, 11) is 0. The molecule has 4 amide bonds. The zero-order chi connectivity index (χ0) is 19.4. The van der Waals surface area contributed by atoms with Crippen molar-refractivity contribution in [3.63, 3.8) is 0 Å². The Kier molecular flexibility index (Phi) is 5.82. The van der Waals surface area contributed by atoms with Crippen LogP contribution in [0.4, 0.5) is 4.79 Å². The number of amides is 4. The lowest BCUT2D eigenvalue weighted by Gasteiger charge is -2.36. The van der Waals surface area contributed by atoms with Crippen molar-refractivity contribution in [1.29, 1.82) is 0 Å². The molecule has 2 fully saturated rings. The molecule has 27 heavy (non-hydrogen) atoms. The molecule has 2 aliphatic rings. The molecular formula is C21H29N3O3. The van der Waals surface area contributed by atoms with Gasteiger partial charge in [-0.25, -0.2) is 4.79 Å². The van der Waals surface area contributed by atoms with Crippen molar-refractivity contribution in [2.45, 2.75) is 64.0 Å². The van der Waals surface area contributed by atoms with E-state index in [0.29, 0.717) is 6.42 Å². The number of nitrogens with one attached hydrogen (secondary N) is 2. The van der Waals surface area contributed by atoms with E-state index in [1.807, 2.05) is 32.0 Å². The molecule has 0 bridgehead atoms. The highest BCUT2D eigenvalue weighted by Gasteiger charge is 2.55. The van der Waals surface area contributed by atoms with Crippen LogP contribution in [0.2, 0.25) is 0 Å². The van der Waals surface area contributed by atoms with Gasteiger partial charge in [0.1, 0.15) is 12.1 Å². The minimum absolute atomic E-state index is 0.0268. The van der Waals surface area contributed by atoms with Gasteiger partial charge < -0.3 is 10.6 Å². The van der Waals surface area contributed by atoms with E-state index in [9.17, 15) is 14.4 Å². The van der Waals surface area contributed by atoms with Gasteiger partial charge in [-0.05, 0) is 44.1 Å². The zero-order valence-electron chi connectivity index (χ0n) is 16.2. The summed E-state index contributed by atoms with van der Waals surface area (Å²) in [4.78, 5) is 38.7. The average molecular weight is 371 g/mol. The number of hydrogen-bond donors (Lipinski definition) is 2. The third kappa shape index (κ3) is 4.15. The van der Waals surface area contributed by atoms with Crippen LogP contribution in [-0.4, -0.2) is 40.9 Å². The number of rotatable bonds is 6. The van der Waals surface area contributed by atoms with Crippen molar-refractivity contribution in [3.05, 3.63) is 35.9 Å². The Balaban J connectivity index is 1.53. The second-order valence-electron chi connectivity index (χ2n) is 7.93. The number of nitrogens with zero attached hydrogens (tertiary/aromatic N) is 1. The van der Waals surface area contributed by atoms with Crippen LogP contribution >= 0.6 is 0 Å². The lowest BCUT2D eigenvalue weighted by atomic mass is 9.73. The van der Waals surface area contributed by atoms with Crippen LogP contribution in [0.1, 0.15) is 51.5 Å². The van der Waals surface area contributed by atoms with Gasteiger partial charge in [0.2, 0.25) is 5.91 Å². The van der Waals surface area contributed by atoms with Gasteiger partial charge in [-0.15, -0.1) is 0 Å². The van der Waals surface area contributed by atoms with Gasteiger partial charge in [-0.1, -0.05) is 50.1 Å². The third-order valence-corrected chi connectivity index (χ3v) is 5.92. The van der Waals surface area contributed by atoms with Crippen LogP contribution in [0, 0.1) is 5.92 Å². The summed E-state index contributed by atoms with van der Waals surface area (Å²) in [6.45, 7) is 3.73. The van der Waals surface area contributed by atoms with E-state index < -0.39 is 11.6 Å². The number of imide groups is 1. The highest BCUT2D eigenvalue weighted by molar-refractivity contribution is 6.09. The summed E-state index contributed by atoms with van der Waals surface area (Å²) in [5.74, 6) is -0.438. The molecule has 0 unspecified atom stereocenters. The summed E-state index contributed by atoms with van der Waals surface area (Å²) < 4.78 is 0. The Morgan fingerprint density at radius 2 is 2.04 bits per heavy atom. The van der Waals surface area contributed by atoms with Crippen LogP contribution in [0.25, 0.3) is 0 Å². The predicted molar refractivity (Wildman–Crippen MR) is 103 cm³/mol. The first-order chi connectivity index (χ1) is 12.9. The van der Waals surface area contributed by atoms with Crippen LogP contribution in [0.3, 0.4) is 0 Å². The van der Waals surface area contributed by atoms with Crippen molar-refractivity contribution >= 4 is 17.8 Å². The maximum atomic E-state index is 12.9. The Bertz CT molecular complexity index is 706. The third-order valence-electron chi connectivity index (χ3n) is 5.92. The van der Waals surface area contributed by atoms with E-state index in [1.54, 1.807) is 0 Å². The standard InChI is InChI=1S/C21H29N3O3/c1-15-8-6-7-13-21(15)19(26)24(20(27)23-21)14-18(25)22-16(2)11-12-17-9-4-3-5-10-17/h3-5,9-10,15-16H,6-8,11-14H2,1-2H3,(H,22,25)(H,23,27)/t15-,16+,21-/m0/s1. The van der Waals surface area contributed by atoms with Gasteiger partial charge >= 0.3 is 6.03 Å². The number of aryl methyl sites for hydroxylation is 1. The molecule has 1 saturated carbocycles. The summed E-state index contributed by atoms with van der Waals surface area (Å²) in [5.41, 5.74) is 0.412. The van der Waals surface area contributed by atoms with E-state index in [4.69, 9.17) is 0 Å². The molecule has 0 aromatic heterocycles. The highest BCUT2D eigenvalue weighted by atomic mass is 16.2. The minimum Gasteiger partial charge on any atom is -0.352 e. The molecule has 1 heterocycles. The molecule has 0 radical (unpaired) electrons. The lowest BCUT2D eigenvalue weighted by molar-refractivity contribution is -0.137. The fraction of sp³-hybridized carbons (Fsp3) is 0.571. The number of hydrogen-bond acceptors (Lipinski definition) is 3. The van der Waals surface area contributed by atoms with Crippen LogP contribution in [0.5, 0.6) is 0 Å². The molecule has 2 N–H and O–H groups in total. The van der Waals surface area contributed by atoms with Crippen LogP contribution in [-0.2, 0) is 16.0 Å². The van der Waals surface area contributed by atoms with Crippen LogP contribution < -0.4 is 10.6 Å². The fourth-order valence-corrected chi connectivity index (χ4v) is 4.20. The number of carbonyl (C=O) groups excluding carboxylic acids is 3. The molecule has 1 spiro atoms. The molecule has 3 rings (SSSR count). The molecule has 3 atom stereocenters. The molecule has 146 valence electrons. The van der Waals surface area contributed by atoms with E-state index in [1.165, 1.54) is 5.56 Å². The second kappa shape index (κ2) is 8.11. The van der Waals surface area contributed by atoms with E-state index in [0.717, 1.165) is 37.0 Å². The Morgan fingerprint density at radius 3 is 2.74 bits per heavy atom. The quantitative estimate of drug-likeness (QED) is 0.755. The molecule has 1 aromatic rings. The maximum Gasteiger partial charge on any atom is 0.325 e. The Morgan fingerprint density at radius 1 is 1.30 bits per heavy atom. The predicted octanol–water partition coefficient (Wildman–Crippen LogP) is 2.62. The van der Waals surface area contributed by atoms with Gasteiger partial charge in [-0.2, -0.15) is 0 Å². The lowest BCUT2D eigenvalue weighted by Crippen LogP contribution is -2.54. The van der Waals surface area contributed by atoms with Crippen LogP contribution in [0.15, 0.2) is 30.3 Å². The van der Waals surface area contributed by atoms with Crippen molar-refractivity contribution < 1.29 is 14.4 Å². The van der Waals surface area contributed by atoms with E-state index in [-0.39, 0.29) is 30.3 Å².